The second-order valence-electron chi connectivity index (χ2n) is 6.48. The maximum Gasteiger partial charge on any atom is 0.252 e. The summed E-state index contributed by atoms with van der Waals surface area (Å²) in [6.45, 7) is 5.99. The number of rotatable bonds is 5. The highest BCUT2D eigenvalue weighted by molar-refractivity contribution is 9.10. The standard InChI is InChI=1S/C17H20BrN5O2S/c1-10(2)13-9-19-23-15(13)21-17(26(4,24)25)22-16(23)20-11(3)12-7-5-6-8-14(12)18/h5-11H,1-4H3,(H,20,21,22). The zero-order chi connectivity index (χ0) is 19.1. The molecule has 7 nitrogen and oxygen atoms in total. The summed E-state index contributed by atoms with van der Waals surface area (Å²) in [5.74, 6) is 0.494. The fourth-order valence-corrected chi connectivity index (χ4v) is 3.77. The quantitative estimate of drug-likeness (QED) is 0.655. The van der Waals surface area contributed by atoms with Gasteiger partial charge in [0.05, 0.1) is 12.2 Å². The Labute approximate surface area is 160 Å². The second-order valence-corrected chi connectivity index (χ2v) is 9.24. The minimum Gasteiger partial charge on any atom is -0.347 e. The van der Waals surface area contributed by atoms with Crippen LogP contribution in [0.4, 0.5) is 5.95 Å². The van der Waals surface area contributed by atoms with Gasteiger partial charge in [0.2, 0.25) is 15.8 Å². The topological polar surface area (TPSA) is 89.2 Å². The summed E-state index contributed by atoms with van der Waals surface area (Å²) in [6, 6.07) is 7.70. The molecule has 2 aromatic heterocycles. The van der Waals surface area contributed by atoms with E-state index in [2.05, 4.69) is 36.3 Å². The third kappa shape index (κ3) is 3.59. The van der Waals surface area contributed by atoms with Crippen LogP contribution in [0.25, 0.3) is 5.65 Å². The first-order valence-corrected chi connectivity index (χ1v) is 10.8. The van der Waals surface area contributed by atoms with Gasteiger partial charge in [0, 0.05) is 16.3 Å². The van der Waals surface area contributed by atoms with E-state index in [0.29, 0.717) is 11.6 Å². The minimum atomic E-state index is -3.56. The molecule has 0 fully saturated rings. The van der Waals surface area contributed by atoms with Crippen molar-refractivity contribution in [2.45, 2.75) is 37.9 Å². The Bertz CT molecular complexity index is 1060. The molecule has 0 amide bonds. The number of halogens is 1. The Hall–Kier alpha value is -2.00. The second kappa shape index (κ2) is 6.96. The molecule has 1 atom stereocenters. The Balaban J connectivity index is 2.14. The van der Waals surface area contributed by atoms with Gasteiger partial charge >= 0.3 is 0 Å². The Morgan fingerprint density at radius 2 is 1.81 bits per heavy atom. The third-order valence-electron chi connectivity index (χ3n) is 4.05. The fraction of sp³-hybridized carbons (Fsp3) is 0.353. The van der Waals surface area contributed by atoms with Crippen LogP contribution in [0.1, 0.15) is 43.9 Å². The van der Waals surface area contributed by atoms with E-state index in [1.54, 1.807) is 10.7 Å². The predicted octanol–water partition coefficient (Wildman–Crippen LogP) is 3.59. The van der Waals surface area contributed by atoms with Crippen LogP contribution in [0.2, 0.25) is 0 Å². The van der Waals surface area contributed by atoms with Crippen molar-refractivity contribution in [3.63, 3.8) is 0 Å². The number of fused-ring (bicyclic) bond motifs is 1. The first-order chi connectivity index (χ1) is 12.2. The van der Waals surface area contributed by atoms with Gasteiger partial charge in [0.15, 0.2) is 5.65 Å². The van der Waals surface area contributed by atoms with Gasteiger partial charge in [0.1, 0.15) is 0 Å². The molecule has 0 radical (unpaired) electrons. The molecule has 0 aliphatic rings. The van der Waals surface area contributed by atoms with Crippen molar-refractivity contribution in [1.29, 1.82) is 0 Å². The van der Waals surface area contributed by atoms with Crippen LogP contribution >= 0.6 is 15.9 Å². The molecule has 3 aromatic rings. The average Bonchev–Trinajstić information content (AvgIpc) is 2.98. The normalized spacial score (nSPS) is 13.3. The lowest BCUT2D eigenvalue weighted by molar-refractivity contribution is 0.591. The summed E-state index contributed by atoms with van der Waals surface area (Å²) in [5, 5.41) is 7.40. The number of aromatic nitrogens is 4. The largest absolute Gasteiger partial charge is 0.347 e. The van der Waals surface area contributed by atoms with Crippen molar-refractivity contribution < 1.29 is 8.42 Å². The number of anilines is 1. The number of nitrogens with zero attached hydrogens (tertiary/aromatic N) is 4. The van der Waals surface area contributed by atoms with Crippen LogP contribution in [0, 0.1) is 0 Å². The molecule has 2 heterocycles. The van der Waals surface area contributed by atoms with Gasteiger partial charge in [0.25, 0.3) is 5.16 Å². The van der Waals surface area contributed by atoms with Crippen molar-refractivity contribution in [1.82, 2.24) is 19.6 Å². The van der Waals surface area contributed by atoms with Crippen LogP contribution in [-0.2, 0) is 9.84 Å². The number of sulfone groups is 1. The molecule has 9 heteroatoms. The average molecular weight is 438 g/mol. The number of hydrogen-bond acceptors (Lipinski definition) is 6. The van der Waals surface area contributed by atoms with E-state index in [4.69, 9.17) is 0 Å². The molecule has 0 bridgehead atoms. The smallest absolute Gasteiger partial charge is 0.252 e. The van der Waals surface area contributed by atoms with Gasteiger partial charge in [-0.05, 0) is 24.5 Å². The Morgan fingerprint density at radius 3 is 2.42 bits per heavy atom. The van der Waals surface area contributed by atoms with Crippen LogP contribution < -0.4 is 5.32 Å². The maximum absolute atomic E-state index is 12.1. The predicted molar refractivity (Wildman–Crippen MR) is 104 cm³/mol. The van der Waals surface area contributed by atoms with Gasteiger partial charge in [-0.3, -0.25) is 0 Å². The number of benzene rings is 1. The lowest BCUT2D eigenvalue weighted by Gasteiger charge is -2.17. The SMILES string of the molecule is CC(C)c1cnn2c(NC(C)c3ccccc3Br)nc(S(C)(=O)=O)nc12. The highest BCUT2D eigenvalue weighted by Gasteiger charge is 2.21. The van der Waals surface area contributed by atoms with Crippen molar-refractivity contribution in [3.05, 3.63) is 46.1 Å². The summed E-state index contributed by atoms with van der Waals surface area (Å²) in [6.07, 6.45) is 2.81. The van der Waals surface area contributed by atoms with Gasteiger partial charge in [-0.2, -0.15) is 19.6 Å². The molecule has 26 heavy (non-hydrogen) atoms. The number of hydrogen-bond donors (Lipinski definition) is 1. The maximum atomic E-state index is 12.1. The zero-order valence-corrected chi connectivity index (χ0v) is 17.3. The van der Waals surface area contributed by atoms with Gasteiger partial charge in [-0.25, -0.2) is 8.42 Å². The van der Waals surface area contributed by atoms with E-state index in [1.807, 2.05) is 45.0 Å². The monoisotopic (exact) mass is 437 g/mol. The molecule has 138 valence electrons. The molecular weight excluding hydrogens is 418 g/mol. The summed E-state index contributed by atoms with van der Waals surface area (Å²) in [5.41, 5.74) is 2.39. The third-order valence-corrected chi connectivity index (χ3v) is 5.61. The summed E-state index contributed by atoms with van der Waals surface area (Å²) >= 11 is 3.54. The molecular formula is C17H20BrN5O2S. The van der Waals surface area contributed by atoms with Gasteiger partial charge in [-0.15, -0.1) is 0 Å². The van der Waals surface area contributed by atoms with Crippen LogP contribution in [0.5, 0.6) is 0 Å². The van der Waals surface area contributed by atoms with E-state index in [-0.39, 0.29) is 17.1 Å². The van der Waals surface area contributed by atoms with Crippen LogP contribution in [0.3, 0.4) is 0 Å². The van der Waals surface area contributed by atoms with Crippen LogP contribution in [-0.4, -0.2) is 34.3 Å². The van der Waals surface area contributed by atoms with Crippen LogP contribution in [0.15, 0.2) is 40.1 Å². The summed E-state index contributed by atoms with van der Waals surface area (Å²) in [7, 11) is -3.56. The summed E-state index contributed by atoms with van der Waals surface area (Å²) < 4.78 is 26.6. The minimum absolute atomic E-state index is 0.122. The molecule has 1 aromatic carbocycles. The molecule has 0 saturated carbocycles. The van der Waals surface area contributed by atoms with Crippen molar-refractivity contribution >= 4 is 37.4 Å². The number of nitrogens with one attached hydrogen (secondary N) is 1. The molecule has 0 spiro atoms. The van der Waals surface area contributed by atoms with E-state index < -0.39 is 9.84 Å². The molecule has 1 unspecified atom stereocenters. The highest BCUT2D eigenvalue weighted by Crippen LogP contribution is 2.27. The Kier molecular flexibility index (Phi) is 5.03. The fourth-order valence-electron chi connectivity index (χ4n) is 2.64. The molecule has 0 aliphatic carbocycles. The first-order valence-electron chi connectivity index (χ1n) is 8.15. The van der Waals surface area contributed by atoms with Gasteiger partial charge in [-0.1, -0.05) is 48.0 Å². The van der Waals surface area contributed by atoms with Crippen molar-refractivity contribution in [2.75, 3.05) is 11.6 Å². The van der Waals surface area contributed by atoms with Crippen molar-refractivity contribution in [2.24, 2.45) is 0 Å². The Morgan fingerprint density at radius 1 is 1.12 bits per heavy atom. The summed E-state index contributed by atoms with van der Waals surface area (Å²) in [4.78, 5) is 8.45. The van der Waals surface area contributed by atoms with Crippen molar-refractivity contribution in [3.8, 4) is 0 Å². The highest BCUT2D eigenvalue weighted by atomic mass is 79.9. The van der Waals surface area contributed by atoms with E-state index in [0.717, 1.165) is 21.9 Å². The lowest BCUT2D eigenvalue weighted by atomic mass is 10.1. The molecule has 3 rings (SSSR count). The van der Waals surface area contributed by atoms with E-state index in [9.17, 15) is 8.42 Å². The van der Waals surface area contributed by atoms with Gasteiger partial charge < -0.3 is 5.32 Å². The van der Waals surface area contributed by atoms with E-state index >= 15 is 0 Å². The first kappa shape index (κ1) is 18.8. The molecule has 0 aliphatic heterocycles. The zero-order valence-electron chi connectivity index (χ0n) is 14.9. The molecule has 1 N–H and O–H groups in total. The molecule has 0 saturated heterocycles. The van der Waals surface area contributed by atoms with E-state index in [1.165, 1.54) is 0 Å². The lowest BCUT2D eigenvalue weighted by Crippen LogP contribution is -2.16.